The van der Waals surface area contributed by atoms with Crippen LogP contribution >= 0.6 is 0 Å². The lowest BCUT2D eigenvalue weighted by atomic mass is 10.1. The smallest absolute Gasteiger partial charge is 0.137 e. The van der Waals surface area contributed by atoms with Crippen molar-refractivity contribution >= 4 is 5.65 Å². The van der Waals surface area contributed by atoms with E-state index in [-0.39, 0.29) is 0 Å². The lowest BCUT2D eigenvalue weighted by Gasteiger charge is -2.03. The minimum absolute atomic E-state index is 0.481. The highest BCUT2D eigenvalue weighted by atomic mass is 15.0. The zero-order valence-corrected chi connectivity index (χ0v) is 11.9. The van der Waals surface area contributed by atoms with Gasteiger partial charge in [0.1, 0.15) is 5.65 Å². The summed E-state index contributed by atoms with van der Waals surface area (Å²) in [6.45, 7) is 4.72. The molecule has 0 aliphatic heterocycles. The SMILES string of the molecule is CCc1ccc(-c2nc3cc(C)ccn3c2CN)cc1. The molecule has 3 heteroatoms. The van der Waals surface area contributed by atoms with Crippen LogP contribution in [0.25, 0.3) is 16.9 Å². The molecule has 3 nitrogen and oxygen atoms in total. The molecule has 1 aromatic carbocycles. The fourth-order valence-corrected chi connectivity index (χ4v) is 2.52. The van der Waals surface area contributed by atoms with Crippen LogP contribution in [0.5, 0.6) is 0 Å². The second kappa shape index (κ2) is 5.10. The maximum atomic E-state index is 5.93. The molecule has 0 aliphatic carbocycles. The van der Waals surface area contributed by atoms with Crippen molar-refractivity contribution in [3.8, 4) is 11.3 Å². The number of fused-ring (bicyclic) bond motifs is 1. The van der Waals surface area contributed by atoms with Gasteiger partial charge in [0.25, 0.3) is 0 Å². The predicted molar refractivity (Wildman–Crippen MR) is 82.6 cm³/mol. The fourth-order valence-electron chi connectivity index (χ4n) is 2.52. The molecule has 0 bridgehead atoms. The first-order valence-electron chi connectivity index (χ1n) is 7.00. The molecule has 0 aliphatic rings. The molecular weight excluding hydrogens is 246 g/mol. The average molecular weight is 265 g/mol. The summed E-state index contributed by atoms with van der Waals surface area (Å²) in [6.07, 6.45) is 3.10. The van der Waals surface area contributed by atoms with E-state index in [9.17, 15) is 0 Å². The van der Waals surface area contributed by atoms with Gasteiger partial charge in [-0.1, -0.05) is 31.2 Å². The van der Waals surface area contributed by atoms with Crippen LogP contribution in [0.1, 0.15) is 23.7 Å². The third kappa shape index (κ3) is 2.10. The van der Waals surface area contributed by atoms with Crippen LogP contribution in [-0.4, -0.2) is 9.38 Å². The number of hydrogen-bond acceptors (Lipinski definition) is 2. The Labute approximate surface area is 119 Å². The molecule has 0 amide bonds. The minimum Gasteiger partial charge on any atom is -0.325 e. The van der Waals surface area contributed by atoms with Gasteiger partial charge in [-0.2, -0.15) is 0 Å². The number of hydrogen-bond donors (Lipinski definition) is 1. The zero-order valence-electron chi connectivity index (χ0n) is 11.9. The Bertz CT molecular complexity index is 739. The summed E-state index contributed by atoms with van der Waals surface area (Å²) < 4.78 is 2.08. The summed E-state index contributed by atoms with van der Waals surface area (Å²) >= 11 is 0. The summed E-state index contributed by atoms with van der Waals surface area (Å²) in [6, 6.07) is 12.7. The van der Waals surface area contributed by atoms with Gasteiger partial charge < -0.3 is 10.1 Å². The van der Waals surface area contributed by atoms with Crippen LogP contribution in [0.2, 0.25) is 0 Å². The van der Waals surface area contributed by atoms with Crippen molar-refractivity contribution in [2.45, 2.75) is 26.8 Å². The first-order chi connectivity index (χ1) is 9.72. The Morgan fingerprint density at radius 1 is 1.15 bits per heavy atom. The number of rotatable bonds is 3. The molecule has 20 heavy (non-hydrogen) atoms. The third-order valence-electron chi connectivity index (χ3n) is 3.71. The van der Waals surface area contributed by atoms with Crippen LogP contribution in [-0.2, 0) is 13.0 Å². The van der Waals surface area contributed by atoms with E-state index in [0.29, 0.717) is 6.54 Å². The second-order valence-electron chi connectivity index (χ2n) is 5.09. The second-order valence-corrected chi connectivity index (χ2v) is 5.09. The molecule has 0 unspecified atom stereocenters. The predicted octanol–water partition coefficient (Wildman–Crippen LogP) is 3.33. The third-order valence-corrected chi connectivity index (χ3v) is 3.71. The van der Waals surface area contributed by atoms with Gasteiger partial charge in [0.2, 0.25) is 0 Å². The van der Waals surface area contributed by atoms with E-state index in [1.165, 1.54) is 11.1 Å². The van der Waals surface area contributed by atoms with Crippen LogP contribution in [0.3, 0.4) is 0 Å². The lowest BCUT2D eigenvalue weighted by molar-refractivity contribution is 0.960. The quantitative estimate of drug-likeness (QED) is 0.789. The molecular formula is C17H19N3. The van der Waals surface area contributed by atoms with Crippen molar-refractivity contribution in [1.82, 2.24) is 9.38 Å². The van der Waals surface area contributed by atoms with Crippen molar-refractivity contribution in [3.05, 3.63) is 59.4 Å². The first kappa shape index (κ1) is 12.9. The Hall–Kier alpha value is -2.13. The number of nitrogens with zero attached hydrogens (tertiary/aromatic N) is 2. The van der Waals surface area contributed by atoms with E-state index in [4.69, 9.17) is 10.7 Å². The van der Waals surface area contributed by atoms with E-state index >= 15 is 0 Å². The number of pyridine rings is 1. The first-order valence-corrected chi connectivity index (χ1v) is 7.00. The Morgan fingerprint density at radius 2 is 1.90 bits per heavy atom. The van der Waals surface area contributed by atoms with Crippen LogP contribution in [0.4, 0.5) is 0 Å². The summed E-state index contributed by atoms with van der Waals surface area (Å²) in [5.74, 6) is 0. The van der Waals surface area contributed by atoms with Gasteiger partial charge in [-0.3, -0.25) is 0 Å². The standard InChI is InChI=1S/C17H19N3/c1-3-13-4-6-14(7-5-13)17-15(11-18)20-9-8-12(2)10-16(20)19-17/h4-10H,3,11,18H2,1-2H3. The number of aromatic nitrogens is 2. The molecule has 0 saturated carbocycles. The highest BCUT2D eigenvalue weighted by Crippen LogP contribution is 2.25. The van der Waals surface area contributed by atoms with Crippen molar-refractivity contribution in [2.24, 2.45) is 5.73 Å². The Balaban J connectivity index is 2.18. The largest absolute Gasteiger partial charge is 0.325 e. The summed E-state index contributed by atoms with van der Waals surface area (Å²) in [4.78, 5) is 4.75. The number of benzene rings is 1. The zero-order chi connectivity index (χ0) is 14.1. The molecule has 2 heterocycles. The summed E-state index contributed by atoms with van der Waals surface area (Å²) in [7, 11) is 0. The van der Waals surface area contributed by atoms with Gasteiger partial charge in [0.15, 0.2) is 0 Å². The van der Waals surface area contributed by atoms with Crippen molar-refractivity contribution in [3.63, 3.8) is 0 Å². The molecule has 0 fully saturated rings. The van der Waals surface area contributed by atoms with Crippen LogP contribution in [0.15, 0.2) is 42.6 Å². The van der Waals surface area contributed by atoms with E-state index in [0.717, 1.165) is 29.0 Å². The fraction of sp³-hybridized carbons (Fsp3) is 0.235. The average Bonchev–Trinajstić information content (AvgIpc) is 2.84. The molecule has 0 atom stereocenters. The van der Waals surface area contributed by atoms with Gasteiger partial charge in [-0.15, -0.1) is 0 Å². The van der Waals surface area contributed by atoms with Gasteiger partial charge in [-0.05, 0) is 36.6 Å². The summed E-state index contributed by atoms with van der Waals surface area (Å²) in [5.41, 5.74) is 12.6. The van der Waals surface area contributed by atoms with Gasteiger partial charge in [0.05, 0.1) is 11.4 Å². The number of imidazole rings is 1. The Kier molecular flexibility index (Phi) is 3.28. The van der Waals surface area contributed by atoms with Gasteiger partial charge in [0, 0.05) is 18.3 Å². The molecule has 3 rings (SSSR count). The van der Waals surface area contributed by atoms with E-state index in [1.807, 2.05) is 6.20 Å². The van der Waals surface area contributed by atoms with Crippen LogP contribution < -0.4 is 5.73 Å². The molecule has 0 spiro atoms. The van der Waals surface area contributed by atoms with E-state index in [2.05, 4.69) is 54.6 Å². The molecule has 3 aromatic rings. The molecule has 102 valence electrons. The van der Waals surface area contributed by atoms with Crippen molar-refractivity contribution in [2.75, 3.05) is 0 Å². The van der Waals surface area contributed by atoms with Crippen molar-refractivity contribution < 1.29 is 0 Å². The Morgan fingerprint density at radius 3 is 2.55 bits per heavy atom. The highest BCUT2D eigenvalue weighted by molar-refractivity contribution is 5.67. The normalized spacial score (nSPS) is 11.2. The van der Waals surface area contributed by atoms with E-state index in [1.54, 1.807) is 0 Å². The molecule has 0 saturated heterocycles. The molecule has 0 radical (unpaired) electrons. The van der Waals surface area contributed by atoms with Gasteiger partial charge >= 0.3 is 0 Å². The molecule has 2 aromatic heterocycles. The highest BCUT2D eigenvalue weighted by Gasteiger charge is 2.12. The van der Waals surface area contributed by atoms with Crippen molar-refractivity contribution in [1.29, 1.82) is 0 Å². The maximum absolute atomic E-state index is 5.93. The van der Waals surface area contributed by atoms with Gasteiger partial charge in [-0.25, -0.2) is 4.98 Å². The van der Waals surface area contributed by atoms with E-state index < -0.39 is 0 Å². The summed E-state index contributed by atoms with van der Waals surface area (Å²) in [5, 5.41) is 0. The monoisotopic (exact) mass is 265 g/mol. The van der Waals surface area contributed by atoms with Crippen LogP contribution in [0, 0.1) is 6.92 Å². The number of nitrogens with two attached hydrogens (primary N) is 1. The topological polar surface area (TPSA) is 43.3 Å². The molecule has 2 N–H and O–H groups in total. The number of aryl methyl sites for hydroxylation is 2. The maximum Gasteiger partial charge on any atom is 0.137 e. The minimum atomic E-state index is 0.481. The lowest BCUT2D eigenvalue weighted by Crippen LogP contribution is -2.02.